The summed E-state index contributed by atoms with van der Waals surface area (Å²) in [7, 11) is -4.15. The standard InChI is InChI=1S/C18H14Br8O4S/c1-3-5-29-15-11(23)7(19)9(21)13(25)17(15)31(27,28)18-14(26)10(22)8(20)12(24)16(18)30-6-4-2/h3-6H2,1-2H3. The average Bonchev–Trinajstić information content (AvgIpc) is 2.73. The van der Waals surface area contributed by atoms with Crippen LogP contribution in [0.2, 0.25) is 0 Å². The predicted molar refractivity (Wildman–Crippen MR) is 152 cm³/mol. The van der Waals surface area contributed by atoms with Gasteiger partial charge in [-0.1, -0.05) is 13.8 Å². The fourth-order valence-electron chi connectivity index (χ4n) is 2.43. The van der Waals surface area contributed by atoms with Crippen LogP contribution in [0.15, 0.2) is 45.6 Å². The van der Waals surface area contributed by atoms with E-state index in [-0.39, 0.29) is 21.3 Å². The maximum absolute atomic E-state index is 14.1. The van der Waals surface area contributed by atoms with Gasteiger partial charge in [-0.15, -0.1) is 0 Å². The fraction of sp³-hybridized carbons (Fsp3) is 0.333. The minimum absolute atomic E-state index is 0.0222. The second-order valence-electron chi connectivity index (χ2n) is 6.03. The van der Waals surface area contributed by atoms with E-state index in [2.05, 4.69) is 127 Å². The Morgan fingerprint density at radius 1 is 0.548 bits per heavy atom. The molecule has 0 heterocycles. The summed E-state index contributed by atoms with van der Waals surface area (Å²) in [6.07, 6.45) is 1.42. The van der Waals surface area contributed by atoms with Crippen molar-refractivity contribution in [3.05, 3.63) is 35.8 Å². The molecule has 0 radical (unpaired) electrons. The first-order chi connectivity index (χ1) is 14.4. The van der Waals surface area contributed by atoms with Crippen LogP contribution in [0.4, 0.5) is 0 Å². The summed E-state index contributed by atoms with van der Waals surface area (Å²) in [6.45, 7) is 4.58. The van der Waals surface area contributed by atoms with Gasteiger partial charge in [-0.25, -0.2) is 8.42 Å². The van der Waals surface area contributed by atoms with Crippen molar-refractivity contribution in [2.75, 3.05) is 13.2 Å². The van der Waals surface area contributed by atoms with Gasteiger partial charge in [0.25, 0.3) is 0 Å². The molecule has 0 fully saturated rings. The molecule has 0 saturated carbocycles. The second-order valence-corrected chi connectivity index (χ2v) is 14.2. The number of halogens is 8. The Bertz CT molecular complexity index is 1040. The van der Waals surface area contributed by atoms with Crippen molar-refractivity contribution in [1.82, 2.24) is 0 Å². The minimum Gasteiger partial charge on any atom is -0.491 e. The monoisotopic (exact) mass is 957 g/mol. The molecular formula is C18H14Br8O4S. The number of rotatable bonds is 8. The molecule has 0 atom stereocenters. The van der Waals surface area contributed by atoms with Crippen LogP contribution >= 0.6 is 127 Å². The zero-order valence-electron chi connectivity index (χ0n) is 15.9. The molecule has 0 N–H and O–H groups in total. The lowest BCUT2D eigenvalue weighted by Crippen LogP contribution is -2.12. The van der Waals surface area contributed by atoms with Crippen LogP contribution < -0.4 is 9.47 Å². The van der Waals surface area contributed by atoms with Gasteiger partial charge in [0.15, 0.2) is 11.5 Å². The van der Waals surface area contributed by atoms with Gasteiger partial charge in [0.2, 0.25) is 9.84 Å². The molecular weight excluding hydrogens is 951 g/mol. The van der Waals surface area contributed by atoms with E-state index in [4.69, 9.17) is 9.47 Å². The highest BCUT2D eigenvalue weighted by molar-refractivity contribution is 9.15. The lowest BCUT2D eigenvalue weighted by atomic mass is 10.3. The van der Waals surface area contributed by atoms with E-state index in [1.54, 1.807) is 0 Å². The first-order valence-electron chi connectivity index (χ1n) is 8.65. The van der Waals surface area contributed by atoms with Gasteiger partial charge in [-0.05, 0) is 140 Å². The van der Waals surface area contributed by atoms with Crippen molar-refractivity contribution >= 4 is 137 Å². The van der Waals surface area contributed by atoms with Crippen LogP contribution in [0.1, 0.15) is 26.7 Å². The summed E-state index contributed by atoms with van der Waals surface area (Å²) in [5.41, 5.74) is 0. The van der Waals surface area contributed by atoms with E-state index >= 15 is 0 Å². The fourth-order valence-corrected chi connectivity index (χ4v) is 10.3. The van der Waals surface area contributed by atoms with Crippen molar-refractivity contribution in [3.63, 3.8) is 0 Å². The van der Waals surface area contributed by atoms with E-state index < -0.39 is 9.84 Å². The molecule has 0 unspecified atom stereocenters. The smallest absolute Gasteiger partial charge is 0.216 e. The Balaban J connectivity index is 3.01. The van der Waals surface area contributed by atoms with Gasteiger partial charge >= 0.3 is 0 Å². The minimum atomic E-state index is -4.15. The van der Waals surface area contributed by atoms with Crippen LogP contribution in [-0.4, -0.2) is 21.6 Å². The molecule has 4 nitrogen and oxygen atoms in total. The highest BCUT2D eigenvalue weighted by atomic mass is 79.9. The molecule has 0 saturated heterocycles. The Kier molecular flexibility index (Phi) is 11.4. The Hall–Kier alpha value is 1.83. The molecule has 0 aromatic heterocycles. The second kappa shape index (κ2) is 12.2. The molecule has 2 rings (SSSR count). The molecule has 0 aliphatic heterocycles. The van der Waals surface area contributed by atoms with E-state index in [1.807, 2.05) is 13.8 Å². The number of hydrogen-bond acceptors (Lipinski definition) is 4. The zero-order valence-corrected chi connectivity index (χ0v) is 29.4. The number of hydrogen-bond donors (Lipinski definition) is 0. The van der Waals surface area contributed by atoms with Crippen LogP contribution in [0.3, 0.4) is 0 Å². The van der Waals surface area contributed by atoms with Gasteiger partial charge in [0.05, 0.1) is 40.1 Å². The quantitative estimate of drug-likeness (QED) is 0.195. The van der Waals surface area contributed by atoms with Gasteiger partial charge in [-0.2, -0.15) is 0 Å². The van der Waals surface area contributed by atoms with E-state index in [1.165, 1.54) is 0 Å². The van der Waals surface area contributed by atoms with Crippen molar-refractivity contribution in [2.45, 2.75) is 36.5 Å². The molecule has 2 aromatic rings. The molecule has 13 heteroatoms. The molecule has 0 spiro atoms. The van der Waals surface area contributed by atoms with Crippen molar-refractivity contribution in [2.24, 2.45) is 0 Å². The summed E-state index contributed by atoms with van der Waals surface area (Å²) in [5.74, 6) is 0.402. The molecule has 172 valence electrons. The van der Waals surface area contributed by atoms with Gasteiger partial charge in [-0.3, -0.25) is 0 Å². The number of ether oxygens (including phenoxy) is 2. The molecule has 0 aliphatic carbocycles. The van der Waals surface area contributed by atoms with Gasteiger partial charge < -0.3 is 9.47 Å². The molecule has 2 aromatic carbocycles. The third kappa shape index (κ3) is 5.81. The van der Waals surface area contributed by atoms with Gasteiger partial charge in [0.1, 0.15) is 9.79 Å². The summed E-state index contributed by atoms with van der Waals surface area (Å²) >= 11 is 27.7. The topological polar surface area (TPSA) is 52.6 Å². The van der Waals surface area contributed by atoms with Crippen molar-refractivity contribution in [3.8, 4) is 11.5 Å². The third-order valence-corrected chi connectivity index (χ3v) is 15.6. The van der Waals surface area contributed by atoms with Crippen molar-refractivity contribution < 1.29 is 17.9 Å². The Labute approximate surface area is 248 Å². The Morgan fingerprint density at radius 2 is 0.839 bits per heavy atom. The molecule has 0 aliphatic rings. The van der Waals surface area contributed by atoms with E-state index in [0.29, 0.717) is 61.8 Å². The largest absolute Gasteiger partial charge is 0.491 e. The number of benzene rings is 2. The summed E-state index contributed by atoms with van der Waals surface area (Å²) in [6, 6.07) is 0. The normalized spacial score (nSPS) is 11.7. The summed E-state index contributed by atoms with van der Waals surface area (Å²) in [4.78, 5) is -0.0443. The van der Waals surface area contributed by atoms with Gasteiger partial charge in [0, 0.05) is 8.95 Å². The molecule has 0 amide bonds. The SMILES string of the molecule is CCCOc1c(Br)c(Br)c(Br)c(Br)c1S(=O)(=O)c1c(Br)c(Br)c(Br)c(Br)c1OCCC. The summed E-state index contributed by atoms with van der Waals surface area (Å²) in [5, 5.41) is 0. The average molecular weight is 966 g/mol. The van der Waals surface area contributed by atoms with E-state index in [0.717, 1.165) is 0 Å². The van der Waals surface area contributed by atoms with Crippen LogP contribution in [0.5, 0.6) is 11.5 Å². The first-order valence-corrected chi connectivity index (χ1v) is 16.5. The zero-order chi connectivity index (χ0) is 23.7. The Morgan fingerprint density at radius 3 is 1.13 bits per heavy atom. The number of sulfone groups is 1. The summed E-state index contributed by atoms with van der Waals surface area (Å²) < 4.78 is 44.0. The molecule has 31 heavy (non-hydrogen) atoms. The highest BCUT2D eigenvalue weighted by Crippen LogP contribution is 2.54. The van der Waals surface area contributed by atoms with Crippen molar-refractivity contribution in [1.29, 1.82) is 0 Å². The molecule has 0 bridgehead atoms. The predicted octanol–water partition coefficient (Wildman–Crippen LogP) is 10.2. The third-order valence-electron chi connectivity index (χ3n) is 3.80. The first kappa shape index (κ1) is 29.1. The highest BCUT2D eigenvalue weighted by Gasteiger charge is 2.37. The van der Waals surface area contributed by atoms with Crippen LogP contribution in [-0.2, 0) is 9.84 Å². The lowest BCUT2D eigenvalue weighted by Gasteiger charge is -2.21. The maximum atomic E-state index is 14.1. The van der Waals surface area contributed by atoms with Crippen LogP contribution in [0, 0.1) is 0 Å². The van der Waals surface area contributed by atoms with Crippen LogP contribution in [0.25, 0.3) is 0 Å². The maximum Gasteiger partial charge on any atom is 0.216 e. The lowest BCUT2D eigenvalue weighted by molar-refractivity contribution is 0.304. The van der Waals surface area contributed by atoms with E-state index in [9.17, 15) is 8.42 Å².